The Balaban J connectivity index is 0. The molecule has 0 radical (unpaired) electrons. The van der Waals surface area contributed by atoms with E-state index in [1.54, 1.807) is 0 Å². The topological polar surface area (TPSA) is 89.8 Å². The second-order valence-corrected chi connectivity index (χ2v) is 10.4. The average molecular weight is 480 g/mol. The Morgan fingerprint density at radius 1 is 0.438 bits per heavy atom. The van der Waals surface area contributed by atoms with Crippen molar-refractivity contribution in [3.63, 3.8) is 0 Å². The lowest BCUT2D eigenvalue weighted by atomic mass is 10.0. The molecule has 6 heteroatoms. The van der Waals surface area contributed by atoms with Crippen molar-refractivity contribution in [2.24, 2.45) is 0 Å². The van der Waals surface area contributed by atoms with Gasteiger partial charge >= 0.3 is 7.82 Å². The van der Waals surface area contributed by atoms with Crippen LogP contribution in [-0.2, 0) is 4.57 Å². The molecule has 5 nitrogen and oxygen atoms in total. The van der Waals surface area contributed by atoms with Gasteiger partial charge in [-0.1, -0.05) is 142 Å². The van der Waals surface area contributed by atoms with Gasteiger partial charge in [-0.3, -0.25) is 0 Å². The van der Waals surface area contributed by atoms with Crippen LogP contribution in [0, 0.1) is 0 Å². The van der Waals surface area contributed by atoms with Crippen molar-refractivity contribution < 1.29 is 19.2 Å². The van der Waals surface area contributed by atoms with Gasteiger partial charge in [0.05, 0.1) is 0 Å². The van der Waals surface area contributed by atoms with Crippen LogP contribution in [0.15, 0.2) is 0 Å². The van der Waals surface area contributed by atoms with Gasteiger partial charge in [0.2, 0.25) is 0 Å². The molecule has 0 bridgehead atoms. The molecular formula is C26H58NO4P. The quantitative estimate of drug-likeness (QED) is 0.0826. The van der Waals surface area contributed by atoms with Gasteiger partial charge in [0, 0.05) is 0 Å². The van der Waals surface area contributed by atoms with Gasteiger partial charge in [-0.15, -0.1) is 0 Å². The minimum atomic E-state index is -4.64. The van der Waals surface area contributed by atoms with Crippen LogP contribution in [0.25, 0.3) is 0 Å². The fraction of sp³-hybridized carbons (Fsp3) is 1.00. The number of rotatable bonds is 24. The van der Waals surface area contributed by atoms with E-state index in [0.29, 0.717) is 0 Å². The van der Waals surface area contributed by atoms with E-state index in [1.165, 1.54) is 154 Å². The first-order valence-corrected chi connectivity index (χ1v) is 15.5. The molecule has 0 atom stereocenters. The highest BCUT2D eigenvalue weighted by molar-refractivity contribution is 7.45. The largest absolute Gasteiger partial charge is 0.466 e. The van der Waals surface area contributed by atoms with Crippen molar-refractivity contribution in [2.45, 2.75) is 155 Å². The molecule has 0 fully saturated rings. The van der Waals surface area contributed by atoms with Gasteiger partial charge in [0.1, 0.15) is 0 Å². The first-order chi connectivity index (χ1) is 15.4. The summed E-state index contributed by atoms with van der Waals surface area (Å²) in [6.07, 6.45) is 31.8. The molecule has 0 saturated carbocycles. The third-order valence-electron chi connectivity index (χ3n) is 5.91. The van der Waals surface area contributed by atoms with E-state index in [4.69, 9.17) is 19.2 Å². The lowest BCUT2D eigenvalue weighted by molar-refractivity contribution is 0.275. The van der Waals surface area contributed by atoms with Crippen molar-refractivity contribution in [3.05, 3.63) is 0 Å². The summed E-state index contributed by atoms with van der Waals surface area (Å²) in [5.41, 5.74) is 0. The summed E-state index contributed by atoms with van der Waals surface area (Å²) in [4.78, 5) is 21.6. The summed E-state index contributed by atoms with van der Waals surface area (Å²) in [6, 6.07) is 0. The molecule has 196 valence electrons. The lowest BCUT2D eigenvalue weighted by Crippen LogP contribution is -2.16. The van der Waals surface area contributed by atoms with E-state index >= 15 is 0 Å². The maximum atomic E-state index is 8.88. The lowest BCUT2D eigenvalue weighted by Gasteiger charge is -2.05. The van der Waals surface area contributed by atoms with Crippen LogP contribution in [0.1, 0.15) is 155 Å². The minimum Gasteiger partial charge on any atom is -0.317 e. The molecule has 0 spiro atoms. The molecule has 0 aromatic rings. The van der Waals surface area contributed by atoms with Gasteiger partial charge in [0.25, 0.3) is 0 Å². The van der Waals surface area contributed by atoms with Crippen molar-refractivity contribution in [1.82, 2.24) is 5.32 Å². The number of hydrogen-bond acceptors (Lipinski definition) is 2. The standard InChI is InChI=1S/C26H55N.H3O4P/c1-3-5-7-9-11-12-13-14-15-16-17-18-19-20-22-24-26-27-25-23-21-10-8-6-4-2;1-5(2,3)4/h27H,3-26H2,1-2H3;(H3,1,2,3,4). The highest BCUT2D eigenvalue weighted by Gasteiger charge is 2.00. The Morgan fingerprint density at radius 2 is 0.625 bits per heavy atom. The second-order valence-electron chi connectivity index (χ2n) is 9.33. The SMILES string of the molecule is CCCCCCCCCCCCCCCCCCNCCCCCCCC.O=P(O)(O)O. The first-order valence-electron chi connectivity index (χ1n) is 13.9. The average Bonchev–Trinajstić information content (AvgIpc) is 2.73. The zero-order valence-corrected chi connectivity index (χ0v) is 22.6. The maximum absolute atomic E-state index is 8.88. The summed E-state index contributed by atoms with van der Waals surface area (Å²) in [5, 5.41) is 3.63. The van der Waals surface area contributed by atoms with Crippen LogP contribution < -0.4 is 5.32 Å². The summed E-state index contributed by atoms with van der Waals surface area (Å²) >= 11 is 0. The van der Waals surface area contributed by atoms with Crippen molar-refractivity contribution in [1.29, 1.82) is 0 Å². The van der Waals surface area contributed by atoms with E-state index in [2.05, 4.69) is 19.2 Å². The van der Waals surface area contributed by atoms with Crippen molar-refractivity contribution >= 4 is 7.82 Å². The summed E-state index contributed by atoms with van der Waals surface area (Å²) in [6.45, 7) is 7.08. The summed E-state index contributed by atoms with van der Waals surface area (Å²) < 4.78 is 8.88. The highest BCUT2D eigenvalue weighted by Crippen LogP contribution is 2.25. The van der Waals surface area contributed by atoms with E-state index in [9.17, 15) is 0 Å². The Hall–Kier alpha value is 0.0700. The third kappa shape index (κ3) is 43.9. The molecule has 0 heterocycles. The van der Waals surface area contributed by atoms with E-state index < -0.39 is 7.82 Å². The third-order valence-corrected chi connectivity index (χ3v) is 5.91. The fourth-order valence-electron chi connectivity index (χ4n) is 3.95. The Labute approximate surface area is 200 Å². The molecule has 0 aliphatic rings. The predicted molar refractivity (Wildman–Crippen MR) is 140 cm³/mol. The van der Waals surface area contributed by atoms with Gasteiger partial charge in [0.15, 0.2) is 0 Å². The zero-order valence-electron chi connectivity index (χ0n) is 21.7. The molecule has 0 rings (SSSR count). The smallest absolute Gasteiger partial charge is 0.317 e. The van der Waals surface area contributed by atoms with Gasteiger partial charge < -0.3 is 20.0 Å². The molecule has 32 heavy (non-hydrogen) atoms. The van der Waals surface area contributed by atoms with Crippen LogP contribution in [-0.4, -0.2) is 27.8 Å². The second kappa shape index (κ2) is 29.1. The molecule has 0 aliphatic heterocycles. The van der Waals surface area contributed by atoms with E-state index in [1.807, 2.05) is 0 Å². The Morgan fingerprint density at radius 3 is 0.844 bits per heavy atom. The highest BCUT2D eigenvalue weighted by atomic mass is 31.2. The van der Waals surface area contributed by atoms with Crippen molar-refractivity contribution in [2.75, 3.05) is 13.1 Å². The predicted octanol–water partition coefficient (Wildman–Crippen LogP) is 8.27. The Bertz CT molecular complexity index is 345. The minimum absolute atomic E-state index is 1.24. The van der Waals surface area contributed by atoms with Crippen LogP contribution in [0.4, 0.5) is 0 Å². The van der Waals surface area contributed by atoms with Crippen molar-refractivity contribution in [3.8, 4) is 0 Å². The normalized spacial score (nSPS) is 11.4. The van der Waals surface area contributed by atoms with Gasteiger partial charge in [-0.25, -0.2) is 4.57 Å². The maximum Gasteiger partial charge on any atom is 0.466 e. The summed E-state index contributed by atoms with van der Waals surface area (Å²) in [7, 11) is -4.64. The summed E-state index contributed by atoms with van der Waals surface area (Å²) in [5.74, 6) is 0. The number of phosphoric acid groups is 1. The molecule has 0 amide bonds. The molecule has 0 aromatic heterocycles. The zero-order chi connectivity index (χ0) is 24.2. The first kappa shape index (κ1) is 34.2. The van der Waals surface area contributed by atoms with Crippen LogP contribution in [0.3, 0.4) is 0 Å². The van der Waals surface area contributed by atoms with Crippen LogP contribution in [0.5, 0.6) is 0 Å². The molecule has 0 aliphatic carbocycles. The molecule has 0 saturated heterocycles. The number of nitrogens with one attached hydrogen (secondary N) is 1. The Kier molecular flexibility index (Phi) is 31.1. The fourth-order valence-corrected chi connectivity index (χ4v) is 3.95. The molecule has 0 unspecified atom stereocenters. The van der Waals surface area contributed by atoms with Gasteiger partial charge in [-0.2, -0.15) is 0 Å². The van der Waals surface area contributed by atoms with Crippen LogP contribution in [0.2, 0.25) is 0 Å². The van der Waals surface area contributed by atoms with E-state index in [0.717, 1.165) is 0 Å². The van der Waals surface area contributed by atoms with Crippen LogP contribution >= 0.6 is 7.82 Å². The number of unbranched alkanes of at least 4 members (excludes halogenated alkanes) is 20. The molecule has 0 aromatic carbocycles. The molecule has 4 N–H and O–H groups in total. The molecular weight excluding hydrogens is 421 g/mol. The van der Waals surface area contributed by atoms with E-state index in [-0.39, 0.29) is 0 Å². The van der Waals surface area contributed by atoms with Gasteiger partial charge in [-0.05, 0) is 25.9 Å². The number of hydrogen-bond donors (Lipinski definition) is 4. The monoisotopic (exact) mass is 479 g/mol.